The van der Waals surface area contributed by atoms with Gasteiger partial charge in [-0.1, -0.05) is 26.5 Å². The van der Waals surface area contributed by atoms with Crippen LogP contribution in [0.5, 0.6) is 0 Å². The zero-order valence-corrected chi connectivity index (χ0v) is 17.3. The van der Waals surface area contributed by atoms with E-state index in [9.17, 15) is 17.6 Å². The summed E-state index contributed by atoms with van der Waals surface area (Å²) < 4.78 is 53.3. The Hall–Kier alpha value is -2.34. The maximum Gasteiger partial charge on any atom is 0.419 e. The summed E-state index contributed by atoms with van der Waals surface area (Å²) in [6, 6.07) is 5.27. The highest BCUT2D eigenvalue weighted by molar-refractivity contribution is 7.65. The van der Waals surface area contributed by atoms with Gasteiger partial charge in [-0.3, -0.25) is 4.98 Å². The molecular formula is C21H21F4N4P. The van der Waals surface area contributed by atoms with Crippen molar-refractivity contribution in [2.24, 2.45) is 0 Å². The number of anilines is 1. The summed E-state index contributed by atoms with van der Waals surface area (Å²) in [5, 5.41) is 3.77. The van der Waals surface area contributed by atoms with E-state index in [2.05, 4.69) is 20.3 Å². The molecule has 0 spiro atoms. The first-order valence-electron chi connectivity index (χ1n) is 9.81. The number of hydrogen-bond acceptors (Lipinski definition) is 4. The van der Waals surface area contributed by atoms with E-state index in [-0.39, 0.29) is 20.0 Å². The van der Waals surface area contributed by atoms with E-state index in [1.165, 1.54) is 31.4 Å². The number of aryl methyl sites for hydroxylation is 1. The van der Waals surface area contributed by atoms with Gasteiger partial charge in [-0.05, 0) is 44.2 Å². The van der Waals surface area contributed by atoms with Crippen molar-refractivity contribution in [1.29, 1.82) is 0 Å². The average Bonchev–Trinajstić information content (AvgIpc) is 2.72. The summed E-state index contributed by atoms with van der Waals surface area (Å²) in [6.45, 7) is 1.61. The van der Waals surface area contributed by atoms with E-state index in [0.29, 0.717) is 17.2 Å². The lowest BCUT2D eigenvalue weighted by molar-refractivity contribution is -0.140. The predicted octanol–water partition coefficient (Wildman–Crippen LogP) is 5.39. The first-order valence-corrected chi connectivity index (χ1v) is 11.5. The number of aromatic nitrogens is 3. The Labute approximate surface area is 172 Å². The minimum atomic E-state index is -4.74. The number of rotatable bonds is 4. The van der Waals surface area contributed by atoms with E-state index in [1.54, 1.807) is 13.1 Å². The van der Waals surface area contributed by atoms with Gasteiger partial charge in [0.15, 0.2) is 0 Å². The zero-order valence-electron chi connectivity index (χ0n) is 16.4. The molecule has 0 atom stereocenters. The topological polar surface area (TPSA) is 50.7 Å². The van der Waals surface area contributed by atoms with Gasteiger partial charge in [-0.2, -0.15) is 13.2 Å². The molecule has 2 aromatic heterocycles. The number of hydrogen-bond donors (Lipinski definition) is 1. The molecule has 9 heteroatoms. The van der Waals surface area contributed by atoms with Gasteiger partial charge in [0.05, 0.1) is 22.7 Å². The smallest absolute Gasteiger partial charge is 0.365 e. The Bertz CT molecular complexity index is 1060. The van der Waals surface area contributed by atoms with Gasteiger partial charge in [0.2, 0.25) is 0 Å². The molecular weight excluding hydrogens is 415 g/mol. The highest BCUT2D eigenvalue weighted by Gasteiger charge is 2.34. The average molecular weight is 436 g/mol. The lowest BCUT2D eigenvalue weighted by Gasteiger charge is -2.22. The van der Waals surface area contributed by atoms with E-state index in [1.807, 2.05) is 6.07 Å². The SMILES string of the molecule is Cc1nc(NCc2cccc(C(F)(F)F)c2F)c2cc(P3CCCCC3)ncc2n1. The lowest BCUT2D eigenvalue weighted by Crippen LogP contribution is -2.15. The standard InChI is InChI=1S/C21H21F4N4P/c1-13-28-17-12-26-18(30-8-3-2-4-9-30)10-15(17)20(29-13)27-11-14-6-5-7-16(19(14)22)21(23,24)25/h5-7,10,12H,2-4,8-9,11H2,1H3,(H,27,28,29). The fraction of sp³-hybridized carbons (Fsp3) is 0.381. The molecule has 0 bridgehead atoms. The molecule has 1 N–H and O–H groups in total. The molecule has 158 valence electrons. The van der Waals surface area contributed by atoms with Crippen LogP contribution < -0.4 is 10.8 Å². The Morgan fingerprint density at radius 2 is 1.87 bits per heavy atom. The summed E-state index contributed by atoms with van der Waals surface area (Å²) >= 11 is 0. The highest BCUT2D eigenvalue weighted by atomic mass is 31.1. The van der Waals surface area contributed by atoms with Crippen LogP contribution in [-0.2, 0) is 12.7 Å². The van der Waals surface area contributed by atoms with Gasteiger partial charge in [-0.25, -0.2) is 14.4 Å². The number of nitrogens with zero attached hydrogens (tertiary/aromatic N) is 3. The molecule has 1 saturated heterocycles. The van der Waals surface area contributed by atoms with Crippen LogP contribution in [0.3, 0.4) is 0 Å². The molecule has 0 radical (unpaired) electrons. The number of halogens is 4. The van der Waals surface area contributed by atoms with Crippen molar-refractivity contribution in [2.45, 2.75) is 38.9 Å². The fourth-order valence-electron chi connectivity index (χ4n) is 3.68. The fourth-order valence-corrected chi connectivity index (χ4v) is 6.11. The molecule has 0 aliphatic carbocycles. The van der Waals surface area contributed by atoms with E-state index in [0.717, 1.165) is 29.2 Å². The predicted molar refractivity (Wildman–Crippen MR) is 111 cm³/mol. The lowest BCUT2D eigenvalue weighted by atomic mass is 10.1. The first kappa shape index (κ1) is 20.9. The Balaban J connectivity index is 1.65. The van der Waals surface area contributed by atoms with Crippen LogP contribution >= 0.6 is 7.92 Å². The van der Waals surface area contributed by atoms with Crippen molar-refractivity contribution in [3.05, 3.63) is 53.2 Å². The Kier molecular flexibility index (Phi) is 5.87. The summed E-state index contributed by atoms with van der Waals surface area (Å²) in [5.41, 5.74) is 0.362. The second kappa shape index (κ2) is 8.42. The summed E-state index contributed by atoms with van der Waals surface area (Å²) in [5.74, 6) is -0.280. The molecule has 1 aliphatic rings. The highest BCUT2D eigenvalue weighted by Crippen LogP contribution is 2.40. The van der Waals surface area contributed by atoms with Crippen molar-refractivity contribution < 1.29 is 17.6 Å². The summed E-state index contributed by atoms with van der Waals surface area (Å²) in [7, 11) is -0.315. The molecule has 1 aliphatic heterocycles. The third-order valence-corrected chi connectivity index (χ3v) is 7.79. The van der Waals surface area contributed by atoms with E-state index < -0.39 is 17.6 Å². The van der Waals surface area contributed by atoms with Crippen molar-refractivity contribution in [2.75, 3.05) is 17.6 Å². The molecule has 3 heterocycles. The normalized spacial score (nSPS) is 15.5. The number of benzene rings is 1. The maximum absolute atomic E-state index is 14.4. The van der Waals surface area contributed by atoms with Crippen molar-refractivity contribution in [1.82, 2.24) is 15.0 Å². The van der Waals surface area contributed by atoms with Crippen molar-refractivity contribution >= 4 is 30.1 Å². The van der Waals surface area contributed by atoms with Crippen LogP contribution in [0.25, 0.3) is 10.9 Å². The Morgan fingerprint density at radius 1 is 1.10 bits per heavy atom. The molecule has 4 nitrogen and oxygen atoms in total. The van der Waals surface area contributed by atoms with Crippen molar-refractivity contribution in [3.8, 4) is 0 Å². The van der Waals surface area contributed by atoms with Crippen molar-refractivity contribution in [3.63, 3.8) is 0 Å². The summed E-state index contributed by atoms with van der Waals surface area (Å²) in [4.78, 5) is 13.4. The zero-order chi connectivity index (χ0) is 21.3. The van der Waals surface area contributed by atoms with Crippen LogP contribution in [0.1, 0.15) is 36.2 Å². The van der Waals surface area contributed by atoms with Gasteiger partial charge < -0.3 is 5.32 Å². The monoisotopic (exact) mass is 436 g/mol. The molecule has 3 aromatic rings. The van der Waals surface area contributed by atoms with Gasteiger partial charge in [0.1, 0.15) is 17.5 Å². The largest absolute Gasteiger partial charge is 0.419 e. The molecule has 1 aromatic carbocycles. The van der Waals surface area contributed by atoms with Crippen LogP contribution in [0, 0.1) is 12.7 Å². The van der Waals surface area contributed by atoms with Crippen LogP contribution in [0.2, 0.25) is 0 Å². The van der Waals surface area contributed by atoms with Crippen LogP contribution in [-0.4, -0.2) is 27.3 Å². The maximum atomic E-state index is 14.4. The molecule has 0 saturated carbocycles. The first-order chi connectivity index (χ1) is 14.3. The number of alkyl halides is 3. The second-order valence-electron chi connectivity index (χ2n) is 7.36. The number of nitrogens with one attached hydrogen (secondary N) is 1. The van der Waals surface area contributed by atoms with E-state index in [4.69, 9.17) is 0 Å². The number of pyridine rings is 1. The van der Waals surface area contributed by atoms with Crippen LogP contribution in [0.15, 0.2) is 30.5 Å². The third kappa shape index (κ3) is 4.38. The second-order valence-corrected chi connectivity index (χ2v) is 9.79. The van der Waals surface area contributed by atoms with Gasteiger partial charge in [0, 0.05) is 17.5 Å². The molecule has 4 rings (SSSR count). The summed E-state index contributed by atoms with van der Waals surface area (Å²) in [6.07, 6.45) is 2.96. The van der Waals surface area contributed by atoms with Crippen LogP contribution in [0.4, 0.5) is 23.4 Å². The molecule has 0 amide bonds. The third-order valence-electron chi connectivity index (χ3n) is 5.19. The number of fused-ring (bicyclic) bond motifs is 1. The molecule has 1 fully saturated rings. The van der Waals surface area contributed by atoms with Gasteiger partial charge in [-0.15, -0.1) is 0 Å². The minimum Gasteiger partial charge on any atom is -0.365 e. The van der Waals surface area contributed by atoms with Gasteiger partial charge >= 0.3 is 6.18 Å². The van der Waals surface area contributed by atoms with Gasteiger partial charge in [0.25, 0.3) is 0 Å². The minimum absolute atomic E-state index is 0.0693. The Morgan fingerprint density at radius 3 is 2.60 bits per heavy atom. The molecule has 30 heavy (non-hydrogen) atoms. The van der Waals surface area contributed by atoms with E-state index >= 15 is 0 Å². The molecule has 0 unspecified atom stereocenters. The quantitative estimate of drug-likeness (QED) is 0.440.